The van der Waals surface area contributed by atoms with E-state index in [9.17, 15) is 0 Å². The lowest BCUT2D eigenvalue weighted by Gasteiger charge is -1.92. The molecule has 0 radical (unpaired) electrons. The molecule has 0 aliphatic heterocycles. The summed E-state index contributed by atoms with van der Waals surface area (Å²) in [5, 5.41) is 8.92. The molecule has 1 aromatic carbocycles. The van der Waals surface area contributed by atoms with Crippen molar-refractivity contribution in [3.63, 3.8) is 0 Å². The molecule has 0 amide bonds. The molecule has 0 unspecified atom stereocenters. The average Bonchev–Trinajstić information content (AvgIpc) is 2.00. The van der Waals surface area contributed by atoms with Gasteiger partial charge in [-0.3, -0.25) is 0 Å². The maximum atomic E-state index is 8.92. The van der Waals surface area contributed by atoms with E-state index in [0.29, 0.717) is 5.75 Å². The van der Waals surface area contributed by atoms with E-state index in [4.69, 9.17) is 5.11 Å². The minimum absolute atomic E-state index is 0.368. The summed E-state index contributed by atoms with van der Waals surface area (Å²) in [6.45, 7) is 7.87. The van der Waals surface area contributed by atoms with Gasteiger partial charge in [0.05, 0.1) is 0 Å². The number of para-hydroxylation sites is 1. The van der Waals surface area contributed by atoms with E-state index < -0.39 is 0 Å². The van der Waals surface area contributed by atoms with Crippen LogP contribution in [0.25, 0.3) is 0 Å². The molecule has 1 nitrogen and oxygen atoms in total. The number of aromatic hydroxyl groups is 1. The second kappa shape index (κ2) is 4.62. The first-order chi connectivity index (χ1) is 4.80. The van der Waals surface area contributed by atoms with Crippen molar-refractivity contribution < 1.29 is 5.11 Å². The average molecular weight is 136 g/mol. The highest BCUT2D eigenvalue weighted by molar-refractivity contribution is 5.29. The number of hydrogen-bond acceptors (Lipinski definition) is 1. The van der Waals surface area contributed by atoms with Crippen LogP contribution >= 0.6 is 0 Å². The maximum absolute atomic E-state index is 8.92. The fourth-order valence-corrected chi connectivity index (χ4v) is 0.563. The van der Waals surface area contributed by atoms with E-state index >= 15 is 0 Å². The van der Waals surface area contributed by atoms with Gasteiger partial charge in [0.2, 0.25) is 0 Å². The summed E-state index contributed by atoms with van der Waals surface area (Å²) in [4.78, 5) is 0. The summed E-state index contributed by atoms with van der Waals surface area (Å²) in [5.41, 5.74) is 0.924. The topological polar surface area (TPSA) is 20.2 Å². The van der Waals surface area contributed by atoms with Crippen LogP contribution in [0.1, 0.15) is 5.56 Å². The minimum Gasteiger partial charge on any atom is -0.508 e. The number of hydrogen-bond donors (Lipinski definition) is 1. The second-order valence-corrected chi connectivity index (χ2v) is 1.79. The summed E-state index contributed by atoms with van der Waals surface area (Å²) in [7, 11) is 0. The zero-order valence-corrected chi connectivity index (χ0v) is 6.17. The Morgan fingerprint density at radius 3 is 2.00 bits per heavy atom. The predicted octanol–water partition coefficient (Wildman–Crippen LogP) is 2.50. The molecule has 0 saturated heterocycles. The van der Waals surface area contributed by atoms with E-state index in [1.54, 1.807) is 6.07 Å². The van der Waals surface area contributed by atoms with Crippen LogP contribution in [-0.2, 0) is 0 Å². The first-order valence-electron chi connectivity index (χ1n) is 3.05. The number of phenols is 1. The maximum Gasteiger partial charge on any atom is 0.118 e. The van der Waals surface area contributed by atoms with Gasteiger partial charge >= 0.3 is 0 Å². The van der Waals surface area contributed by atoms with Gasteiger partial charge in [0, 0.05) is 0 Å². The minimum atomic E-state index is 0.368. The van der Waals surface area contributed by atoms with Crippen LogP contribution in [-0.4, -0.2) is 5.11 Å². The molecule has 0 aromatic heterocycles. The summed E-state index contributed by atoms with van der Waals surface area (Å²) >= 11 is 0. The smallest absolute Gasteiger partial charge is 0.118 e. The Kier molecular flexibility index (Phi) is 4.05. The molecule has 10 heavy (non-hydrogen) atoms. The van der Waals surface area contributed by atoms with Crippen molar-refractivity contribution in [2.45, 2.75) is 6.92 Å². The van der Waals surface area contributed by atoms with Crippen molar-refractivity contribution in [3.05, 3.63) is 43.0 Å². The molecule has 54 valence electrons. The van der Waals surface area contributed by atoms with E-state index in [-0.39, 0.29) is 0 Å². The van der Waals surface area contributed by atoms with Gasteiger partial charge < -0.3 is 5.11 Å². The SMILES string of the molecule is C=C.Cc1ccccc1O. The van der Waals surface area contributed by atoms with E-state index in [0.717, 1.165) is 5.56 Å². The van der Waals surface area contributed by atoms with Gasteiger partial charge in [0.1, 0.15) is 5.75 Å². The van der Waals surface area contributed by atoms with Crippen LogP contribution in [0.2, 0.25) is 0 Å². The molecule has 0 bridgehead atoms. The molecule has 0 fully saturated rings. The standard InChI is InChI=1S/C7H8O.C2H4/c1-6-4-2-3-5-7(6)8;1-2/h2-5,8H,1H3;1-2H2. The summed E-state index contributed by atoms with van der Waals surface area (Å²) in [6.07, 6.45) is 0. The molecule has 0 atom stereocenters. The molecule has 0 spiro atoms. The molecular weight excluding hydrogens is 124 g/mol. The number of aryl methyl sites for hydroxylation is 1. The quantitative estimate of drug-likeness (QED) is 0.543. The normalized spacial score (nSPS) is 7.70. The van der Waals surface area contributed by atoms with Crippen LogP contribution in [0.4, 0.5) is 0 Å². The molecule has 1 aromatic rings. The highest BCUT2D eigenvalue weighted by Gasteiger charge is 1.86. The third-order valence-corrected chi connectivity index (χ3v) is 1.12. The van der Waals surface area contributed by atoms with Crippen molar-refractivity contribution in [2.24, 2.45) is 0 Å². The molecule has 1 rings (SSSR count). The van der Waals surface area contributed by atoms with E-state index in [1.165, 1.54) is 0 Å². The van der Waals surface area contributed by atoms with Crippen molar-refractivity contribution in [3.8, 4) is 5.75 Å². The van der Waals surface area contributed by atoms with Crippen LogP contribution in [0.3, 0.4) is 0 Å². The van der Waals surface area contributed by atoms with Gasteiger partial charge in [-0.05, 0) is 18.6 Å². The van der Waals surface area contributed by atoms with Gasteiger partial charge in [-0.1, -0.05) is 18.2 Å². The lowest BCUT2D eigenvalue weighted by Crippen LogP contribution is -1.68. The van der Waals surface area contributed by atoms with Crippen LogP contribution in [0.5, 0.6) is 5.75 Å². The van der Waals surface area contributed by atoms with Crippen LogP contribution < -0.4 is 0 Å². The molecule has 0 saturated carbocycles. The van der Waals surface area contributed by atoms with E-state index in [2.05, 4.69) is 13.2 Å². The Morgan fingerprint density at radius 1 is 1.20 bits per heavy atom. The molecule has 0 aliphatic carbocycles. The monoisotopic (exact) mass is 136 g/mol. The third-order valence-electron chi connectivity index (χ3n) is 1.12. The van der Waals surface area contributed by atoms with Crippen molar-refractivity contribution in [2.75, 3.05) is 0 Å². The Balaban J connectivity index is 0.000000371. The van der Waals surface area contributed by atoms with Crippen LogP contribution in [0, 0.1) is 6.92 Å². The zero-order valence-electron chi connectivity index (χ0n) is 6.17. The van der Waals surface area contributed by atoms with Crippen molar-refractivity contribution in [1.82, 2.24) is 0 Å². The van der Waals surface area contributed by atoms with Gasteiger partial charge in [-0.15, -0.1) is 13.2 Å². The van der Waals surface area contributed by atoms with Gasteiger partial charge in [-0.25, -0.2) is 0 Å². The number of rotatable bonds is 0. The Morgan fingerprint density at radius 2 is 1.70 bits per heavy atom. The largest absolute Gasteiger partial charge is 0.508 e. The lowest BCUT2D eigenvalue weighted by atomic mass is 10.2. The molecule has 1 N–H and O–H groups in total. The second-order valence-electron chi connectivity index (χ2n) is 1.79. The first-order valence-corrected chi connectivity index (χ1v) is 3.05. The van der Waals surface area contributed by atoms with Crippen molar-refractivity contribution in [1.29, 1.82) is 0 Å². The number of benzene rings is 1. The first kappa shape index (κ1) is 8.76. The van der Waals surface area contributed by atoms with Crippen molar-refractivity contribution >= 4 is 0 Å². The number of phenolic OH excluding ortho intramolecular Hbond substituents is 1. The molecular formula is C9H12O. The highest BCUT2D eigenvalue weighted by Crippen LogP contribution is 2.12. The summed E-state index contributed by atoms with van der Waals surface area (Å²) in [6, 6.07) is 7.25. The highest BCUT2D eigenvalue weighted by atomic mass is 16.3. The Bertz CT molecular complexity index is 173. The van der Waals surface area contributed by atoms with E-state index in [1.807, 2.05) is 25.1 Å². The molecule has 0 heterocycles. The lowest BCUT2D eigenvalue weighted by molar-refractivity contribution is 0.471. The third kappa shape index (κ3) is 2.35. The molecule has 0 aliphatic rings. The van der Waals surface area contributed by atoms with Gasteiger partial charge in [0.15, 0.2) is 0 Å². The van der Waals surface area contributed by atoms with Gasteiger partial charge in [-0.2, -0.15) is 0 Å². The Hall–Kier alpha value is -1.24. The zero-order chi connectivity index (χ0) is 7.98. The predicted molar refractivity (Wildman–Crippen MR) is 44.1 cm³/mol. The fourth-order valence-electron chi connectivity index (χ4n) is 0.563. The Labute approximate surface area is 61.6 Å². The molecule has 1 heteroatoms. The fraction of sp³-hybridized carbons (Fsp3) is 0.111. The van der Waals surface area contributed by atoms with Crippen LogP contribution in [0.15, 0.2) is 37.4 Å². The summed E-state index contributed by atoms with van der Waals surface area (Å²) < 4.78 is 0. The van der Waals surface area contributed by atoms with Gasteiger partial charge in [0.25, 0.3) is 0 Å². The summed E-state index contributed by atoms with van der Waals surface area (Å²) in [5.74, 6) is 0.368.